The number of fused-ring (bicyclic) bond motifs is 2. The van der Waals surface area contributed by atoms with Crippen molar-refractivity contribution in [3.05, 3.63) is 60.9 Å². The van der Waals surface area contributed by atoms with Gasteiger partial charge < -0.3 is 34.5 Å². The molecule has 0 atom stereocenters. The Labute approximate surface area is 177 Å². The van der Waals surface area contributed by atoms with Gasteiger partial charge >= 0.3 is 14.5 Å². The smallest absolute Gasteiger partial charge is 0.418 e. The number of nitrogens with zero attached hydrogens (tertiary/aromatic N) is 4. The average Bonchev–Trinajstić information content (AvgIpc) is 2.65. The normalized spacial score (nSPS) is 11.4. The highest BCUT2D eigenvalue weighted by Crippen LogP contribution is 2.17. The van der Waals surface area contributed by atoms with E-state index in [1.807, 2.05) is 62.9 Å². The van der Waals surface area contributed by atoms with E-state index in [9.17, 15) is 34.5 Å². The van der Waals surface area contributed by atoms with Crippen LogP contribution in [-0.4, -0.2) is 24.5 Å². The monoisotopic (exact) mass is 462 g/mol. The Bertz CT molecular complexity index is 1110. The van der Waals surface area contributed by atoms with Crippen LogP contribution in [0, 0.1) is 0 Å². The van der Waals surface area contributed by atoms with E-state index in [2.05, 4.69) is 21.3 Å². The third-order valence-electron chi connectivity index (χ3n) is 3.90. The molecule has 0 saturated heterocycles. The molecule has 170 valence electrons. The Hall–Kier alpha value is -3.31. The first-order chi connectivity index (χ1) is 14.7. The number of hydrogen-bond acceptors (Lipinski definition) is 2. The zero-order chi connectivity index (χ0) is 24.1. The number of para-hydroxylation sites is 4. The maximum Gasteiger partial charge on any atom is 0.673 e. The van der Waals surface area contributed by atoms with Crippen molar-refractivity contribution in [2.24, 2.45) is 14.1 Å². The van der Waals surface area contributed by atoms with Crippen LogP contribution in [0.25, 0.3) is 33.5 Å². The van der Waals surface area contributed by atoms with Crippen LogP contribution in [0.4, 0.5) is 34.5 Å². The molecule has 0 unspecified atom stereocenters. The first-order valence-corrected chi connectivity index (χ1v) is 8.98. The molecule has 2 heterocycles. The molecule has 0 radical (unpaired) electrons. The average molecular weight is 462 g/mol. The van der Waals surface area contributed by atoms with E-state index in [4.69, 9.17) is 9.97 Å². The number of rotatable bonds is 1. The van der Waals surface area contributed by atoms with Crippen LogP contribution in [0.1, 0.15) is 0 Å². The lowest BCUT2D eigenvalue weighted by molar-refractivity contribution is -0.646. The van der Waals surface area contributed by atoms with Gasteiger partial charge in [-0.15, -0.1) is 0 Å². The van der Waals surface area contributed by atoms with E-state index in [-0.39, 0.29) is 0 Å². The van der Waals surface area contributed by atoms with Crippen LogP contribution < -0.4 is 9.13 Å². The summed E-state index contributed by atoms with van der Waals surface area (Å²) in [6.07, 6.45) is 4.05. The third kappa shape index (κ3) is 8.08. The van der Waals surface area contributed by atoms with Gasteiger partial charge in [-0.2, -0.15) is 9.13 Å². The highest BCUT2D eigenvalue weighted by Gasteiger charge is 2.21. The van der Waals surface area contributed by atoms with Crippen molar-refractivity contribution in [3.8, 4) is 11.4 Å². The predicted molar refractivity (Wildman–Crippen MR) is 105 cm³/mol. The topological polar surface area (TPSA) is 33.5 Å². The lowest BCUT2D eigenvalue weighted by Gasteiger charge is -2.02. The maximum atomic E-state index is 9.75. The standard InChI is InChI=1S/C18H16N4.2BF4/c1-21-11-15(19-13-7-3-5-9-17(13)21)16-12-22(2)18-10-6-4-8-14(18)20-16;2*2-1(3,4)5/h3-12H,1-2H3;;/q+2;2*-1. The molecule has 32 heavy (non-hydrogen) atoms. The van der Waals surface area contributed by atoms with Gasteiger partial charge in [-0.25, -0.2) is 9.97 Å². The van der Waals surface area contributed by atoms with E-state index < -0.39 is 14.5 Å². The SMILES string of the molecule is C[n+]1cc(-c2c[n+](C)c3ccccc3n2)nc2ccccc21.F[B-](F)(F)F.F[B-](F)(F)F. The lowest BCUT2D eigenvalue weighted by Crippen LogP contribution is -2.31. The van der Waals surface area contributed by atoms with Gasteiger partial charge in [-0.3, -0.25) is 0 Å². The van der Waals surface area contributed by atoms with Crippen LogP contribution in [-0.2, 0) is 14.1 Å². The number of aryl methyl sites for hydroxylation is 2. The quantitative estimate of drug-likeness (QED) is 0.234. The number of benzene rings is 2. The van der Waals surface area contributed by atoms with Gasteiger partial charge in [0.1, 0.15) is 25.1 Å². The Morgan fingerprint density at radius 3 is 1.16 bits per heavy atom. The van der Waals surface area contributed by atoms with Crippen molar-refractivity contribution >= 4 is 36.6 Å². The third-order valence-corrected chi connectivity index (χ3v) is 3.90. The van der Waals surface area contributed by atoms with Crippen molar-refractivity contribution in [2.45, 2.75) is 0 Å². The molecule has 4 nitrogen and oxygen atoms in total. The van der Waals surface area contributed by atoms with Gasteiger partial charge in [0.2, 0.25) is 11.0 Å². The Morgan fingerprint density at radius 2 is 0.844 bits per heavy atom. The summed E-state index contributed by atoms with van der Waals surface area (Å²) >= 11 is 0. The second-order valence-corrected chi connectivity index (χ2v) is 6.44. The summed E-state index contributed by atoms with van der Waals surface area (Å²) < 4.78 is 82.2. The fourth-order valence-corrected chi connectivity index (χ4v) is 2.78. The number of halogens is 8. The molecule has 0 saturated carbocycles. The summed E-state index contributed by atoms with van der Waals surface area (Å²) in [4.78, 5) is 9.52. The summed E-state index contributed by atoms with van der Waals surface area (Å²) in [5, 5.41) is 0. The van der Waals surface area contributed by atoms with Crippen LogP contribution in [0.2, 0.25) is 0 Å². The van der Waals surface area contributed by atoms with Crippen molar-refractivity contribution in [1.82, 2.24) is 9.97 Å². The predicted octanol–water partition coefficient (Wildman–Crippen LogP) is 4.70. The highest BCUT2D eigenvalue weighted by molar-refractivity contribution is 6.50. The van der Waals surface area contributed by atoms with Crippen LogP contribution in [0.5, 0.6) is 0 Å². The minimum Gasteiger partial charge on any atom is -0.418 e. The second-order valence-electron chi connectivity index (χ2n) is 6.44. The molecular formula is C18H16B2F8N4. The molecule has 0 aliphatic heterocycles. The second kappa shape index (κ2) is 9.88. The van der Waals surface area contributed by atoms with Gasteiger partial charge in [-0.1, -0.05) is 24.3 Å². The minimum atomic E-state index is -6.00. The van der Waals surface area contributed by atoms with Gasteiger partial charge in [0.05, 0.1) is 0 Å². The molecule has 0 amide bonds. The van der Waals surface area contributed by atoms with Gasteiger partial charge in [0.25, 0.3) is 0 Å². The molecule has 0 aliphatic rings. The zero-order valence-electron chi connectivity index (χ0n) is 16.7. The summed E-state index contributed by atoms with van der Waals surface area (Å²) in [6.45, 7) is 0. The molecular weight excluding hydrogens is 446 g/mol. The Morgan fingerprint density at radius 1 is 0.562 bits per heavy atom. The maximum absolute atomic E-state index is 9.75. The molecule has 2 aromatic heterocycles. The fourth-order valence-electron chi connectivity index (χ4n) is 2.78. The summed E-state index contributed by atoms with van der Waals surface area (Å²) in [5.74, 6) is 0. The van der Waals surface area contributed by atoms with E-state index >= 15 is 0 Å². The van der Waals surface area contributed by atoms with Gasteiger partial charge in [-0.05, 0) is 12.1 Å². The van der Waals surface area contributed by atoms with Crippen molar-refractivity contribution in [2.75, 3.05) is 0 Å². The minimum absolute atomic E-state index is 0.877. The van der Waals surface area contributed by atoms with E-state index in [0.29, 0.717) is 0 Å². The highest BCUT2D eigenvalue weighted by atomic mass is 19.5. The van der Waals surface area contributed by atoms with E-state index in [0.717, 1.165) is 33.5 Å². The molecule has 0 aliphatic carbocycles. The van der Waals surface area contributed by atoms with Crippen molar-refractivity contribution in [3.63, 3.8) is 0 Å². The van der Waals surface area contributed by atoms with Crippen LogP contribution in [0.3, 0.4) is 0 Å². The molecule has 4 aromatic rings. The molecule has 0 fully saturated rings. The largest absolute Gasteiger partial charge is 0.673 e. The van der Waals surface area contributed by atoms with Gasteiger partial charge in [0, 0.05) is 12.1 Å². The fraction of sp³-hybridized carbons (Fsp3) is 0.111. The molecule has 2 aromatic carbocycles. The number of hydrogen-bond donors (Lipinski definition) is 0. The van der Waals surface area contributed by atoms with Crippen LogP contribution >= 0.6 is 0 Å². The molecule has 0 spiro atoms. The molecule has 0 N–H and O–H groups in total. The number of aromatic nitrogens is 4. The summed E-state index contributed by atoms with van der Waals surface area (Å²) in [5.41, 5.74) is 5.91. The molecule has 0 bridgehead atoms. The van der Waals surface area contributed by atoms with Crippen molar-refractivity contribution in [1.29, 1.82) is 0 Å². The van der Waals surface area contributed by atoms with Crippen molar-refractivity contribution < 1.29 is 43.7 Å². The zero-order valence-corrected chi connectivity index (χ0v) is 16.7. The Kier molecular flexibility index (Phi) is 7.70. The lowest BCUT2D eigenvalue weighted by atomic mass is 10.2. The van der Waals surface area contributed by atoms with E-state index in [1.54, 1.807) is 0 Å². The summed E-state index contributed by atoms with van der Waals surface area (Å²) in [7, 11) is -7.93. The summed E-state index contributed by atoms with van der Waals surface area (Å²) in [6, 6.07) is 16.3. The first kappa shape index (κ1) is 25.0. The molecule has 14 heteroatoms. The Balaban J connectivity index is 0.000000308. The van der Waals surface area contributed by atoms with Crippen LogP contribution in [0.15, 0.2) is 60.9 Å². The van der Waals surface area contributed by atoms with Gasteiger partial charge in [0.15, 0.2) is 23.8 Å². The molecule has 4 rings (SSSR count). The van der Waals surface area contributed by atoms with E-state index in [1.165, 1.54) is 0 Å². The first-order valence-electron chi connectivity index (χ1n) is 8.98.